The first-order valence-electron chi connectivity index (χ1n) is 13.8. The van der Waals surface area contributed by atoms with Gasteiger partial charge in [0.1, 0.15) is 23.4 Å². The molecule has 5 aliphatic heterocycles. The first-order valence-corrected chi connectivity index (χ1v) is 13.8. The Bertz CT molecular complexity index is 1140. The number of epoxide rings is 1. The molecule has 7 nitrogen and oxygen atoms in total. The quantitative estimate of drug-likeness (QED) is 0.536. The molecule has 0 amide bonds. The number of carbonyl (C=O) groups excluding carboxylic acids is 1. The fourth-order valence-corrected chi connectivity index (χ4v) is 10.4. The zero-order chi connectivity index (χ0) is 25.3. The van der Waals surface area contributed by atoms with Crippen LogP contribution in [0.2, 0.25) is 0 Å². The van der Waals surface area contributed by atoms with Crippen molar-refractivity contribution in [1.29, 1.82) is 0 Å². The summed E-state index contributed by atoms with van der Waals surface area (Å²) in [5, 5.41) is 23.3. The Kier molecular flexibility index (Phi) is 3.78. The van der Waals surface area contributed by atoms with E-state index in [2.05, 4.69) is 13.5 Å². The highest BCUT2D eigenvalue weighted by Gasteiger charge is 2.86. The lowest BCUT2D eigenvalue weighted by atomic mass is 9.44. The smallest absolute Gasteiger partial charge is 0.176 e. The maximum atomic E-state index is 13.5. The minimum Gasteiger partial charge on any atom is -0.494 e. The standard InChI is InChI=1S/C29H38O7/c1-15-23(2)13-17(18(33-15)14-25(23,4)32)29-12-11-27(36-29)20-16(8-10-24(27,3)31)26(5)19(30)7-6-9-28(26)22(35-28)21(20)34-29/h6-7,16-18,20-22,31-32H,1,8-14H2,2-5H3/t16?,17-,18?,20?,21?,22-,23?,24+,25-,26+,27-,28-,29-/m1/s1. The van der Waals surface area contributed by atoms with Crippen LogP contribution in [0.3, 0.4) is 0 Å². The molecule has 4 aliphatic carbocycles. The van der Waals surface area contributed by atoms with E-state index in [1.807, 2.05) is 26.8 Å². The predicted octanol–water partition coefficient (Wildman–Crippen LogP) is 3.17. The van der Waals surface area contributed by atoms with Gasteiger partial charge in [-0.15, -0.1) is 0 Å². The predicted molar refractivity (Wildman–Crippen MR) is 127 cm³/mol. The Morgan fingerprint density at radius 1 is 0.972 bits per heavy atom. The van der Waals surface area contributed by atoms with Gasteiger partial charge < -0.3 is 29.2 Å². The summed E-state index contributed by atoms with van der Waals surface area (Å²) in [7, 11) is 0. The second-order valence-corrected chi connectivity index (χ2v) is 14.1. The van der Waals surface area contributed by atoms with Crippen LogP contribution in [0.25, 0.3) is 0 Å². The molecule has 0 radical (unpaired) electrons. The largest absolute Gasteiger partial charge is 0.494 e. The molecule has 0 aromatic heterocycles. The van der Waals surface area contributed by atoms with Crippen molar-refractivity contribution in [3.63, 3.8) is 0 Å². The van der Waals surface area contributed by atoms with E-state index in [-0.39, 0.29) is 41.8 Å². The average Bonchev–Trinajstić information content (AvgIpc) is 3.45. The van der Waals surface area contributed by atoms with Gasteiger partial charge in [-0.25, -0.2) is 0 Å². The number of ketones is 1. The minimum absolute atomic E-state index is 0.0205. The summed E-state index contributed by atoms with van der Waals surface area (Å²) >= 11 is 0. The molecule has 5 saturated heterocycles. The van der Waals surface area contributed by atoms with Crippen molar-refractivity contribution in [3.05, 3.63) is 24.5 Å². The number of ether oxygens (including phenoxy) is 4. The van der Waals surface area contributed by atoms with Gasteiger partial charge >= 0.3 is 0 Å². The first kappa shape index (κ1) is 22.7. The third kappa shape index (κ3) is 2.09. The molecule has 2 N–H and O–H groups in total. The summed E-state index contributed by atoms with van der Waals surface area (Å²) < 4.78 is 27.1. The second kappa shape index (κ2) is 5.99. The summed E-state index contributed by atoms with van der Waals surface area (Å²) in [6, 6.07) is 0. The van der Waals surface area contributed by atoms with Crippen molar-refractivity contribution >= 4 is 5.78 Å². The van der Waals surface area contributed by atoms with E-state index >= 15 is 0 Å². The van der Waals surface area contributed by atoms with Crippen molar-refractivity contribution in [2.75, 3.05) is 0 Å². The number of carbonyl (C=O) groups is 1. The summed E-state index contributed by atoms with van der Waals surface area (Å²) in [4.78, 5) is 13.5. The number of fused-ring (bicyclic) bond motifs is 7. The van der Waals surface area contributed by atoms with Crippen LogP contribution in [0.1, 0.15) is 72.6 Å². The van der Waals surface area contributed by atoms with Gasteiger partial charge in [0.25, 0.3) is 0 Å². The van der Waals surface area contributed by atoms with E-state index in [4.69, 9.17) is 18.9 Å². The van der Waals surface area contributed by atoms with Gasteiger partial charge in [0, 0.05) is 18.8 Å². The lowest BCUT2D eigenvalue weighted by Gasteiger charge is -2.67. The number of allylic oxidation sites excluding steroid dienone is 1. The highest BCUT2D eigenvalue weighted by atomic mass is 16.8. The summed E-state index contributed by atoms with van der Waals surface area (Å²) in [5.41, 5.74) is -4.54. The Morgan fingerprint density at radius 3 is 2.50 bits per heavy atom. The monoisotopic (exact) mass is 498 g/mol. The van der Waals surface area contributed by atoms with E-state index in [0.29, 0.717) is 37.9 Å². The van der Waals surface area contributed by atoms with E-state index in [9.17, 15) is 15.0 Å². The second-order valence-electron chi connectivity index (χ2n) is 14.1. The minimum atomic E-state index is -1.04. The number of aliphatic hydroxyl groups is 2. The molecular formula is C29H38O7. The molecule has 3 saturated carbocycles. The van der Waals surface area contributed by atoms with Crippen molar-refractivity contribution in [2.24, 2.45) is 28.6 Å². The molecule has 36 heavy (non-hydrogen) atoms. The number of hydrogen-bond acceptors (Lipinski definition) is 7. The molecule has 2 spiro atoms. The Morgan fingerprint density at radius 2 is 1.75 bits per heavy atom. The molecule has 9 rings (SSSR count). The van der Waals surface area contributed by atoms with Gasteiger partial charge in [0.05, 0.1) is 39.8 Å². The highest BCUT2D eigenvalue weighted by molar-refractivity contribution is 5.98. The van der Waals surface area contributed by atoms with Crippen LogP contribution in [-0.2, 0) is 23.7 Å². The maximum Gasteiger partial charge on any atom is 0.176 e. The van der Waals surface area contributed by atoms with Crippen LogP contribution < -0.4 is 0 Å². The SMILES string of the molecule is C=C1OC2C[C@@](C)(O)C1(C)C[C@H]2[C@@]12CC[C@@]3(O1)C1C(O2)[C@H]2O[C@]24CC=CC(=O)[C@]4(C)C1CC[C@]3(C)O. The van der Waals surface area contributed by atoms with E-state index < -0.39 is 39.0 Å². The molecule has 13 atom stereocenters. The van der Waals surface area contributed by atoms with Crippen LogP contribution >= 0.6 is 0 Å². The van der Waals surface area contributed by atoms with Crippen LogP contribution in [0.15, 0.2) is 24.5 Å². The van der Waals surface area contributed by atoms with Crippen LogP contribution in [0, 0.1) is 28.6 Å². The summed E-state index contributed by atoms with van der Waals surface area (Å²) in [5.74, 6) is -0.349. The zero-order valence-corrected chi connectivity index (χ0v) is 21.7. The molecule has 7 heteroatoms. The van der Waals surface area contributed by atoms with Crippen molar-refractivity contribution in [1.82, 2.24) is 0 Å². The molecular weight excluding hydrogens is 460 g/mol. The van der Waals surface area contributed by atoms with Crippen LogP contribution in [0.5, 0.6) is 0 Å². The lowest BCUT2D eigenvalue weighted by molar-refractivity contribution is -0.419. The van der Waals surface area contributed by atoms with Gasteiger partial charge in [0.2, 0.25) is 0 Å². The fraction of sp³-hybridized carbons (Fsp3) is 0.828. The van der Waals surface area contributed by atoms with Crippen molar-refractivity contribution in [3.8, 4) is 0 Å². The Labute approximate surface area is 212 Å². The third-order valence-electron chi connectivity index (χ3n) is 12.9. The van der Waals surface area contributed by atoms with Gasteiger partial charge in [-0.2, -0.15) is 0 Å². The summed E-state index contributed by atoms with van der Waals surface area (Å²) in [6.07, 6.45) is 7.51. The van der Waals surface area contributed by atoms with Crippen LogP contribution in [-0.4, -0.2) is 62.5 Å². The zero-order valence-electron chi connectivity index (χ0n) is 21.7. The Balaban J connectivity index is 1.26. The molecule has 5 heterocycles. The topological polar surface area (TPSA) is 97.8 Å². The number of rotatable bonds is 1. The molecule has 0 aromatic carbocycles. The van der Waals surface area contributed by atoms with Crippen molar-refractivity contribution in [2.45, 2.75) is 119 Å². The normalized spacial score (nSPS) is 65.9. The Hall–Kier alpha value is -1.25. The van der Waals surface area contributed by atoms with Gasteiger partial charge in [-0.1, -0.05) is 12.7 Å². The third-order valence-corrected chi connectivity index (χ3v) is 12.9. The molecule has 8 fully saturated rings. The molecule has 0 aromatic rings. The lowest BCUT2D eigenvalue weighted by Crippen LogP contribution is -2.77. The number of hydrogen-bond donors (Lipinski definition) is 2. The molecule has 9 aliphatic rings. The van der Waals surface area contributed by atoms with E-state index in [0.717, 1.165) is 12.8 Å². The average molecular weight is 499 g/mol. The molecule has 4 bridgehead atoms. The van der Waals surface area contributed by atoms with E-state index in [1.54, 1.807) is 6.08 Å². The summed E-state index contributed by atoms with van der Waals surface area (Å²) in [6.45, 7) is 12.1. The van der Waals surface area contributed by atoms with Crippen molar-refractivity contribution < 1.29 is 34.0 Å². The van der Waals surface area contributed by atoms with Crippen LogP contribution in [0.4, 0.5) is 0 Å². The highest BCUT2D eigenvalue weighted by Crippen LogP contribution is 2.76. The van der Waals surface area contributed by atoms with Gasteiger partial charge in [-0.3, -0.25) is 4.79 Å². The van der Waals surface area contributed by atoms with Gasteiger partial charge in [0.15, 0.2) is 11.6 Å². The molecule has 196 valence electrons. The first-order chi connectivity index (χ1) is 16.8. The van der Waals surface area contributed by atoms with E-state index in [1.165, 1.54) is 0 Å². The molecule has 5 unspecified atom stereocenters. The fourth-order valence-electron chi connectivity index (χ4n) is 10.4. The van der Waals surface area contributed by atoms with Gasteiger partial charge in [-0.05, 0) is 71.8 Å². The maximum absolute atomic E-state index is 13.5.